The summed E-state index contributed by atoms with van der Waals surface area (Å²) in [6.07, 6.45) is 3.01. The van der Waals surface area contributed by atoms with E-state index in [-0.39, 0.29) is 17.3 Å². The lowest BCUT2D eigenvalue weighted by molar-refractivity contribution is -0.138. The Labute approximate surface area is 131 Å². The van der Waals surface area contributed by atoms with Gasteiger partial charge in [0, 0.05) is 23.4 Å². The third kappa shape index (κ3) is 1.27. The number of likely N-dealkylation sites (N-methyl/N-ethyl adjacent to an activating group) is 1. The minimum absolute atomic E-state index is 0.222. The molecule has 1 saturated carbocycles. The Hall–Kier alpha value is -1.55. The molecule has 2 aliphatic heterocycles. The molecule has 22 heavy (non-hydrogen) atoms. The lowest BCUT2D eigenvalue weighted by atomic mass is 9.52. The molecule has 2 aliphatic carbocycles. The van der Waals surface area contributed by atoms with Gasteiger partial charge in [-0.15, -0.1) is 0 Å². The first-order valence-corrected chi connectivity index (χ1v) is 8.18. The first-order valence-electron chi connectivity index (χ1n) is 8.68. The van der Waals surface area contributed by atoms with E-state index in [1.807, 2.05) is 0 Å². The third-order valence-corrected chi connectivity index (χ3v) is 6.50. The molecule has 2 fully saturated rings. The van der Waals surface area contributed by atoms with Crippen molar-refractivity contribution in [3.05, 3.63) is 23.2 Å². The normalized spacial score (nSPS) is 39.1. The van der Waals surface area contributed by atoms with E-state index < -0.39 is 0 Å². The third-order valence-electron chi connectivity index (χ3n) is 6.50. The Kier molecular flexibility index (Phi) is 2.20. The fourth-order valence-electron chi connectivity index (χ4n) is 5.56. The zero-order valence-electron chi connectivity index (χ0n) is 14.0. The van der Waals surface area contributed by atoms with Crippen molar-refractivity contribution in [1.82, 2.24) is 4.90 Å². The summed E-state index contributed by atoms with van der Waals surface area (Å²) in [5.74, 6) is 2.03. The highest BCUT2D eigenvalue weighted by atomic mass is 16.5. The van der Waals surface area contributed by atoms with E-state index in [0.717, 1.165) is 42.7 Å². The summed E-state index contributed by atoms with van der Waals surface area (Å²) in [5, 5.41) is 0. The average molecular weight is 300 g/mol. The number of hydrogen-bond acceptors (Lipinski definition) is 4. The van der Waals surface area contributed by atoms with Crippen LogP contribution in [0.4, 0.5) is 0 Å². The summed E-state index contributed by atoms with van der Waals surface area (Å²) in [6.45, 7) is 0.984. The first kappa shape index (κ1) is 11.9. The van der Waals surface area contributed by atoms with E-state index in [9.17, 15) is 4.79 Å². The van der Waals surface area contributed by atoms with Crippen molar-refractivity contribution in [2.75, 3.05) is 20.7 Å². The molecule has 1 aromatic carbocycles. The van der Waals surface area contributed by atoms with Crippen LogP contribution < -0.4 is 9.47 Å². The molecule has 0 unspecified atom stereocenters. The number of ketones is 1. The Bertz CT molecular complexity index is 733. The van der Waals surface area contributed by atoms with Crippen molar-refractivity contribution in [2.45, 2.75) is 43.2 Å². The summed E-state index contributed by atoms with van der Waals surface area (Å²) < 4.78 is 20.2. The van der Waals surface area contributed by atoms with Crippen LogP contribution in [-0.2, 0) is 16.6 Å². The number of piperidine rings is 1. The Balaban J connectivity index is 1.84. The van der Waals surface area contributed by atoms with Gasteiger partial charge in [0.15, 0.2) is 23.4 Å². The second-order valence-electron chi connectivity index (χ2n) is 7.19. The van der Waals surface area contributed by atoms with Gasteiger partial charge in [-0.05, 0) is 50.4 Å². The van der Waals surface area contributed by atoms with Crippen molar-refractivity contribution in [3.63, 3.8) is 0 Å². The van der Waals surface area contributed by atoms with Gasteiger partial charge in [0.1, 0.15) is 0 Å². The van der Waals surface area contributed by atoms with Crippen molar-refractivity contribution >= 4 is 5.78 Å². The number of methoxy groups -OCH3 is 1. The maximum absolute atomic E-state index is 12.7. The van der Waals surface area contributed by atoms with Gasteiger partial charge in [-0.25, -0.2) is 0 Å². The largest absolute Gasteiger partial charge is 0.493 e. The van der Waals surface area contributed by atoms with Crippen molar-refractivity contribution in [1.29, 1.82) is 0 Å². The topological polar surface area (TPSA) is 38.8 Å². The number of nitrogens with zero attached hydrogens (tertiary/aromatic N) is 1. The summed E-state index contributed by atoms with van der Waals surface area (Å²) in [4.78, 5) is 15.1. The summed E-state index contributed by atoms with van der Waals surface area (Å²) in [6, 6.07) is 2.70. The van der Waals surface area contributed by atoms with Crippen molar-refractivity contribution < 1.29 is 15.6 Å². The molecule has 1 spiro atoms. The molecule has 0 radical (unpaired) electrons. The highest BCUT2D eigenvalue weighted by Crippen LogP contribution is 2.62. The minimum Gasteiger partial charge on any atom is -0.493 e. The highest BCUT2D eigenvalue weighted by molar-refractivity contribution is 5.89. The van der Waals surface area contributed by atoms with E-state index in [4.69, 9.17) is 10.8 Å². The monoisotopic (exact) mass is 300 g/mol. The molecule has 4 aliphatic rings. The Morgan fingerprint density at radius 2 is 2.41 bits per heavy atom. The zero-order valence-corrected chi connectivity index (χ0v) is 13.0. The van der Waals surface area contributed by atoms with Crippen LogP contribution in [0.1, 0.15) is 31.8 Å². The molecule has 5 rings (SSSR count). The van der Waals surface area contributed by atoms with Crippen molar-refractivity contribution in [3.8, 4) is 11.5 Å². The van der Waals surface area contributed by atoms with Crippen LogP contribution in [-0.4, -0.2) is 43.5 Å². The van der Waals surface area contributed by atoms with E-state index >= 15 is 0 Å². The van der Waals surface area contributed by atoms with Crippen LogP contribution in [0.15, 0.2) is 12.1 Å². The molecule has 2 bridgehead atoms. The number of benzene rings is 1. The van der Waals surface area contributed by atoms with Gasteiger partial charge >= 0.3 is 0 Å². The first-order chi connectivity index (χ1) is 11.1. The predicted molar refractivity (Wildman–Crippen MR) is 81.6 cm³/mol. The maximum Gasteiger partial charge on any atom is 0.174 e. The molecule has 4 atom stereocenters. The zero-order chi connectivity index (χ0) is 15.9. The molecule has 4 heteroatoms. The molecule has 2 heterocycles. The van der Waals surface area contributed by atoms with Crippen LogP contribution in [0.3, 0.4) is 0 Å². The minimum atomic E-state index is -0.373. The number of Topliss-reactive ketones (excluding diaryl/α,β-unsaturated/α-hetero) is 1. The molecule has 1 saturated heterocycles. The fourth-order valence-corrected chi connectivity index (χ4v) is 5.56. The molecular formula is C18H21NO3. The second-order valence-corrected chi connectivity index (χ2v) is 7.19. The molecule has 0 N–H and O–H groups in total. The molecular weight excluding hydrogens is 278 g/mol. The van der Waals surface area contributed by atoms with Gasteiger partial charge in [0.05, 0.1) is 8.48 Å². The van der Waals surface area contributed by atoms with Crippen LogP contribution in [0, 0.1) is 5.92 Å². The van der Waals surface area contributed by atoms with Gasteiger partial charge in [0.2, 0.25) is 0 Å². The molecule has 0 aromatic heterocycles. The Morgan fingerprint density at radius 1 is 1.55 bits per heavy atom. The highest BCUT2D eigenvalue weighted by Gasteiger charge is 2.65. The van der Waals surface area contributed by atoms with Crippen LogP contribution in [0.25, 0.3) is 0 Å². The second kappa shape index (κ2) is 4.05. The van der Waals surface area contributed by atoms with E-state index in [0.29, 0.717) is 30.2 Å². The Morgan fingerprint density at radius 3 is 3.23 bits per heavy atom. The number of carbonyl (C=O) groups is 1. The number of rotatable bonds is 1. The van der Waals surface area contributed by atoms with Gasteiger partial charge in [-0.2, -0.15) is 0 Å². The van der Waals surface area contributed by atoms with Gasteiger partial charge < -0.3 is 14.4 Å². The lowest BCUT2D eigenvalue weighted by Crippen LogP contribution is -2.65. The van der Waals surface area contributed by atoms with Gasteiger partial charge in [0.25, 0.3) is 0 Å². The van der Waals surface area contributed by atoms with Crippen LogP contribution >= 0.6 is 0 Å². The average Bonchev–Trinajstić information content (AvgIpc) is 2.89. The summed E-state index contributed by atoms with van der Waals surface area (Å²) in [5.41, 5.74) is 1.99. The van der Waals surface area contributed by atoms with Crippen LogP contribution in [0.5, 0.6) is 11.5 Å². The van der Waals surface area contributed by atoms with Gasteiger partial charge in [-0.3, -0.25) is 4.79 Å². The molecule has 0 amide bonds. The number of carbonyl (C=O) groups excluding carboxylic acids is 1. The predicted octanol–water partition coefficient (Wildman–Crippen LogP) is 1.93. The van der Waals surface area contributed by atoms with E-state index in [2.05, 4.69) is 11.9 Å². The van der Waals surface area contributed by atoms with Crippen LogP contribution in [0.2, 0.25) is 0 Å². The van der Waals surface area contributed by atoms with E-state index in [1.54, 1.807) is 13.2 Å². The summed E-state index contributed by atoms with van der Waals surface area (Å²) in [7, 11) is 3.79. The number of ether oxygens (including phenoxy) is 2. The quantitative estimate of drug-likeness (QED) is 0.794. The number of likely N-dealkylation sites (tertiary alicyclic amines) is 1. The molecule has 4 nitrogen and oxygen atoms in total. The van der Waals surface area contributed by atoms with Gasteiger partial charge in [-0.1, -0.05) is 6.04 Å². The fraction of sp³-hybridized carbons (Fsp3) is 0.611. The van der Waals surface area contributed by atoms with Crippen molar-refractivity contribution in [2.24, 2.45) is 5.92 Å². The van der Waals surface area contributed by atoms with E-state index in [1.165, 1.54) is 0 Å². The SMILES string of the molecule is [2H]c1cc(OC)c2c3c1C[C@@H]1[C@@H]4CCC(=O)[C@H](O2)[C@]34CCN1C. The molecule has 1 aromatic rings. The maximum atomic E-state index is 12.7. The lowest BCUT2D eigenvalue weighted by Gasteiger charge is -2.57. The number of hydrogen-bond donors (Lipinski definition) is 0. The standard InChI is InChI=1S/C18H21NO3/c1-19-8-7-18-11-4-5-13(20)17(18)22-16-14(21-2)6-3-10(15(16)18)9-12(11)19/h3,6,11-12,17H,4-5,7-9H2,1-2H3/t11-,12+,17-,18-/m0/s1/i3D. The smallest absolute Gasteiger partial charge is 0.174 e. The summed E-state index contributed by atoms with van der Waals surface area (Å²) >= 11 is 0. The molecule has 116 valence electrons.